The number of benzene rings is 1. The highest BCUT2D eigenvalue weighted by Gasteiger charge is 2.71. The minimum absolute atomic E-state index is 0.0471. The largest absolute Gasteiger partial charge is 0.504 e. The molecule has 0 amide bonds. The van der Waals surface area contributed by atoms with E-state index in [2.05, 4.69) is 40.7 Å². The van der Waals surface area contributed by atoms with Crippen LogP contribution in [0.5, 0.6) is 17.2 Å². The number of carbonyl (C=O) groups is 2. The molecule has 9 N–H and O–H groups in total. The van der Waals surface area contributed by atoms with Crippen molar-refractivity contribution in [3.63, 3.8) is 0 Å². The second-order valence-corrected chi connectivity index (χ2v) is 20.1. The van der Waals surface area contributed by atoms with E-state index >= 15 is 0 Å². The number of aliphatic hydroxyl groups is 6. The molecule has 0 spiro atoms. The van der Waals surface area contributed by atoms with Gasteiger partial charge >= 0.3 is 11.9 Å². The molecule has 5 aliphatic carbocycles. The third-order valence-corrected chi connectivity index (χ3v) is 16.7. The van der Waals surface area contributed by atoms with Crippen LogP contribution in [0.4, 0.5) is 0 Å². The van der Waals surface area contributed by atoms with Gasteiger partial charge in [-0.3, -0.25) is 4.79 Å². The number of allylic oxidation sites excluding steroid dienone is 2. The van der Waals surface area contributed by atoms with E-state index < -0.39 is 95.0 Å². The minimum Gasteiger partial charge on any atom is -0.504 e. The number of rotatable bonds is 6. The van der Waals surface area contributed by atoms with Crippen LogP contribution in [0.2, 0.25) is 0 Å². The van der Waals surface area contributed by atoms with Crippen LogP contribution in [0.25, 0.3) is 0 Å². The van der Waals surface area contributed by atoms with Crippen molar-refractivity contribution in [2.75, 3.05) is 13.2 Å². The van der Waals surface area contributed by atoms with Crippen LogP contribution in [0.15, 0.2) is 23.8 Å². The fraction of sp³-hybridized carbons (Fsp3) is 0.767. The molecule has 3 unspecified atom stereocenters. The van der Waals surface area contributed by atoms with Crippen molar-refractivity contribution >= 4 is 11.9 Å². The van der Waals surface area contributed by atoms with Crippen LogP contribution in [0.1, 0.15) is 110 Å². The van der Waals surface area contributed by atoms with Gasteiger partial charge < -0.3 is 60.2 Å². The lowest BCUT2D eigenvalue weighted by atomic mass is 9.33. The maximum absolute atomic E-state index is 14.6. The van der Waals surface area contributed by atoms with E-state index in [1.54, 1.807) is 0 Å². The summed E-state index contributed by atoms with van der Waals surface area (Å²) in [5, 5.41) is 94.2. The number of fused-ring (bicyclic) bond motifs is 7. The summed E-state index contributed by atoms with van der Waals surface area (Å²) in [6.45, 7) is 12.2. The van der Waals surface area contributed by atoms with Gasteiger partial charge in [-0.05, 0) is 109 Å². The van der Waals surface area contributed by atoms with E-state index in [9.17, 15) is 55.5 Å². The van der Waals surface area contributed by atoms with Gasteiger partial charge in [0.1, 0.15) is 24.4 Å². The van der Waals surface area contributed by atoms with E-state index in [-0.39, 0.29) is 46.2 Å². The molecular formula is C43H62O14. The first-order chi connectivity index (χ1) is 26.5. The van der Waals surface area contributed by atoms with Crippen molar-refractivity contribution < 1.29 is 69.8 Å². The van der Waals surface area contributed by atoms with Crippen molar-refractivity contribution in [3.8, 4) is 17.2 Å². The van der Waals surface area contributed by atoms with Gasteiger partial charge in [-0.25, -0.2) is 4.79 Å². The number of esters is 2. The summed E-state index contributed by atoms with van der Waals surface area (Å²) in [6.07, 6.45) is -2.04. The van der Waals surface area contributed by atoms with E-state index in [0.717, 1.165) is 31.4 Å². The first-order valence-electron chi connectivity index (χ1n) is 20.5. The predicted molar refractivity (Wildman–Crippen MR) is 202 cm³/mol. The molecule has 14 heteroatoms. The molecule has 6 aliphatic rings. The molecule has 0 bridgehead atoms. The SMILES string of the molecule is CC1(C)CC[C@]2(C(=O)O[C@@H]3O[C@H](CO)[C@@H](O)[C@H](O)[C@H]3O)CC[C@]3(C)C(=CCC4[C@@]5(C)C[C@@H](O)[C@H](O)[C@@](C)(COC(=O)c6cc(O)c(O)c(O)c6)C5CC[C@]43C)C2C1. The molecule has 0 aromatic heterocycles. The summed E-state index contributed by atoms with van der Waals surface area (Å²) in [5.41, 5.74) is -2.19. The van der Waals surface area contributed by atoms with Gasteiger partial charge in [-0.2, -0.15) is 0 Å². The molecule has 1 aromatic carbocycles. The van der Waals surface area contributed by atoms with Gasteiger partial charge in [0.15, 0.2) is 17.2 Å². The summed E-state index contributed by atoms with van der Waals surface area (Å²) in [7, 11) is 0. The Labute approximate surface area is 333 Å². The Bertz CT molecular complexity index is 1770. The number of hydrogen-bond acceptors (Lipinski definition) is 14. The Hall–Kier alpha value is -2.98. The minimum atomic E-state index is -1.70. The number of hydrogen-bond donors (Lipinski definition) is 9. The van der Waals surface area contributed by atoms with Gasteiger partial charge in [-0.1, -0.05) is 53.2 Å². The molecule has 4 saturated carbocycles. The zero-order valence-electron chi connectivity index (χ0n) is 33.8. The third-order valence-electron chi connectivity index (χ3n) is 16.7. The zero-order valence-corrected chi connectivity index (χ0v) is 33.8. The van der Waals surface area contributed by atoms with Gasteiger partial charge in [0.05, 0.1) is 36.4 Å². The fourth-order valence-corrected chi connectivity index (χ4v) is 13.2. The van der Waals surface area contributed by atoms with E-state index in [1.807, 2.05) is 6.92 Å². The summed E-state index contributed by atoms with van der Waals surface area (Å²) >= 11 is 0. The van der Waals surface area contributed by atoms with Crippen LogP contribution in [-0.4, -0.2) is 114 Å². The predicted octanol–water partition coefficient (Wildman–Crippen LogP) is 3.42. The molecule has 1 heterocycles. The highest BCUT2D eigenvalue weighted by molar-refractivity contribution is 5.91. The summed E-state index contributed by atoms with van der Waals surface area (Å²) in [6, 6.07) is 1.99. The van der Waals surface area contributed by atoms with E-state index in [0.29, 0.717) is 38.5 Å². The molecule has 15 atom stereocenters. The van der Waals surface area contributed by atoms with Crippen LogP contribution in [0.3, 0.4) is 0 Å². The van der Waals surface area contributed by atoms with Crippen molar-refractivity contribution in [3.05, 3.63) is 29.3 Å². The van der Waals surface area contributed by atoms with Crippen LogP contribution in [-0.2, 0) is 19.0 Å². The van der Waals surface area contributed by atoms with Gasteiger partial charge in [0.2, 0.25) is 6.29 Å². The zero-order chi connectivity index (χ0) is 41.8. The topological polar surface area (TPSA) is 244 Å². The highest BCUT2D eigenvalue weighted by Crippen LogP contribution is 2.76. The van der Waals surface area contributed by atoms with Crippen LogP contribution in [0, 0.1) is 50.2 Å². The summed E-state index contributed by atoms with van der Waals surface area (Å²) < 4.78 is 17.3. The standard InChI is InChI=1S/C43H62O14/c1-38(2)11-13-43(37(54)57-36-33(51)32(50)31(49)27(19-44)56-36)14-12-41(5)22(23(43)17-38)7-8-29-39(3)18-26(47)34(52)40(4,28(39)9-10-42(29,41)6)20-55-35(53)21-15-24(45)30(48)25(46)16-21/h7,15-16,23,26-29,31-34,36,44-52H,8-14,17-20H2,1-6H3/t23?,26-,27-,28?,29?,31-,32+,33-,34+,36+,39+,40+,41-,42-,43+/m1/s1. The highest BCUT2D eigenvalue weighted by atomic mass is 16.7. The first-order valence-corrected chi connectivity index (χ1v) is 20.5. The number of ether oxygens (including phenoxy) is 3. The quantitative estimate of drug-likeness (QED) is 0.114. The number of aromatic hydroxyl groups is 3. The average molecular weight is 803 g/mol. The second kappa shape index (κ2) is 14.1. The average Bonchev–Trinajstić information content (AvgIpc) is 3.15. The van der Waals surface area contributed by atoms with E-state index in [4.69, 9.17) is 14.2 Å². The van der Waals surface area contributed by atoms with Crippen molar-refractivity contribution in [1.82, 2.24) is 0 Å². The lowest BCUT2D eigenvalue weighted by Gasteiger charge is -2.71. The maximum Gasteiger partial charge on any atom is 0.338 e. The Morgan fingerprint density at radius 3 is 2.12 bits per heavy atom. The fourth-order valence-electron chi connectivity index (χ4n) is 13.2. The van der Waals surface area contributed by atoms with Gasteiger partial charge in [0.25, 0.3) is 0 Å². The molecule has 7 rings (SSSR count). The molecule has 318 valence electrons. The monoisotopic (exact) mass is 802 g/mol. The lowest BCUT2D eigenvalue weighted by molar-refractivity contribution is -0.297. The Balaban J connectivity index is 1.19. The molecule has 0 radical (unpaired) electrons. The molecule has 57 heavy (non-hydrogen) atoms. The summed E-state index contributed by atoms with van der Waals surface area (Å²) in [5.74, 6) is -3.81. The Morgan fingerprint density at radius 1 is 0.825 bits per heavy atom. The van der Waals surface area contributed by atoms with Crippen molar-refractivity contribution in [2.24, 2.45) is 50.2 Å². The van der Waals surface area contributed by atoms with Crippen molar-refractivity contribution in [2.45, 2.75) is 142 Å². The Kier molecular flexibility index (Phi) is 10.4. The molecular weight excluding hydrogens is 740 g/mol. The molecule has 1 aromatic rings. The molecule has 5 fully saturated rings. The summed E-state index contributed by atoms with van der Waals surface area (Å²) in [4.78, 5) is 27.8. The smallest absolute Gasteiger partial charge is 0.338 e. The van der Waals surface area contributed by atoms with Crippen molar-refractivity contribution in [1.29, 1.82) is 0 Å². The first kappa shape index (κ1) is 42.2. The maximum atomic E-state index is 14.6. The number of phenolic OH excluding ortho intramolecular Hbond substituents is 3. The number of aliphatic hydroxyl groups excluding tert-OH is 6. The second-order valence-electron chi connectivity index (χ2n) is 20.1. The molecule has 14 nitrogen and oxygen atoms in total. The van der Waals surface area contributed by atoms with Crippen LogP contribution < -0.4 is 0 Å². The number of phenols is 3. The Morgan fingerprint density at radius 2 is 1.47 bits per heavy atom. The van der Waals surface area contributed by atoms with Crippen LogP contribution >= 0.6 is 0 Å². The molecule has 1 saturated heterocycles. The normalized spacial score (nSPS) is 46.3. The molecule has 1 aliphatic heterocycles. The lowest BCUT2D eigenvalue weighted by Crippen LogP contribution is -2.68. The van der Waals surface area contributed by atoms with E-state index in [1.165, 1.54) is 5.57 Å². The van der Waals surface area contributed by atoms with Gasteiger partial charge in [-0.15, -0.1) is 0 Å². The number of carbonyl (C=O) groups excluding carboxylic acids is 2. The third kappa shape index (κ3) is 6.21. The van der Waals surface area contributed by atoms with Gasteiger partial charge in [0, 0.05) is 5.41 Å².